The zero-order valence-corrected chi connectivity index (χ0v) is 19.0. The molecule has 0 unspecified atom stereocenters. The fourth-order valence-electron chi connectivity index (χ4n) is 3.86. The number of carbonyl (C=O) groups is 3. The number of hydrogen-bond donors (Lipinski definition) is 1. The summed E-state index contributed by atoms with van der Waals surface area (Å²) in [7, 11) is 1.53. The highest BCUT2D eigenvalue weighted by Gasteiger charge is 2.37. The number of aryl methyl sites for hydroxylation is 2. The summed E-state index contributed by atoms with van der Waals surface area (Å²) < 4.78 is 19.0. The van der Waals surface area contributed by atoms with Crippen LogP contribution in [0.25, 0.3) is 6.08 Å². The van der Waals surface area contributed by atoms with Crippen molar-refractivity contribution in [1.29, 1.82) is 0 Å². The van der Waals surface area contributed by atoms with Crippen LogP contribution < -0.4 is 15.0 Å². The average molecular weight is 458 g/mol. The molecule has 0 radical (unpaired) electrons. The van der Waals surface area contributed by atoms with Crippen molar-refractivity contribution in [1.82, 2.24) is 5.32 Å². The molecule has 4 amide bonds. The van der Waals surface area contributed by atoms with E-state index in [0.29, 0.717) is 23.4 Å². The zero-order chi connectivity index (χ0) is 24.4. The first-order valence-electron chi connectivity index (χ1n) is 10.7. The Morgan fingerprint density at radius 2 is 1.79 bits per heavy atom. The molecule has 6 nitrogen and oxygen atoms in total. The summed E-state index contributed by atoms with van der Waals surface area (Å²) in [5, 5.41) is 2.26. The maximum atomic E-state index is 13.7. The maximum absolute atomic E-state index is 13.7. The third-order valence-corrected chi connectivity index (χ3v) is 5.64. The first-order valence-corrected chi connectivity index (χ1v) is 10.7. The number of rotatable bonds is 5. The molecule has 0 aromatic heterocycles. The Bertz CT molecular complexity index is 1350. The average Bonchev–Trinajstić information content (AvgIpc) is 2.79. The van der Waals surface area contributed by atoms with Gasteiger partial charge >= 0.3 is 6.03 Å². The van der Waals surface area contributed by atoms with Crippen molar-refractivity contribution in [2.75, 3.05) is 12.0 Å². The smallest absolute Gasteiger partial charge is 0.335 e. The lowest BCUT2D eigenvalue weighted by atomic mass is 9.96. The zero-order valence-electron chi connectivity index (χ0n) is 19.0. The minimum atomic E-state index is -0.796. The summed E-state index contributed by atoms with van der Waals surface area (Å²) >= 11 is 0. The Labute approximate surface area is 196 Å². The molecule has 1 aliphatic rings. The second kappa shape index (κ2) is 9.31. The van der Waals surface area contributed by atoms with Crippen molar-refractivity contribution >= 4 is 29.6 Å². The quantitative estimate of drug-likeness (QED) is 0.444. The van der Waals surface area contributed by atoms with E-state index in [1.807, 2.05) is 19.1 Å². The molecule has 172 valence electrons. The lowest BCUT2D eigenvalue weighted by molar-refractivity contribution is -0.122. The van der Waals surface area contributed by atoms with Gasteiger partial charge in [-0.2, -0.15) is 0 Å². The third-order valence-electron chi connectivity index (χ3n) is 5.64. The Kier molecular flexibility index (Phi) is 6.27. The maximum Gasteiger partial charge on any atom is 0.335 e. The van der Waals surface area contributed by atoms with E-state index in [9.17, 15) is 18.8 Å². The van der Waals surface area contributed by atoms with Gasteiger partial charge in [0.1, 0.15) is 17.1 Å². The van der Waals surface area contributed by atoms with Gasteiger partial charge in [-0.1, -0.05) is 30.3 Å². The second-order valence-corrected chi connectivity index (χ2v) is 8.12. The number of hydrogen-bond acceptors (Lipinski definition) is 4. The molecule has 1 aliphatic heterocycles. The molecule has 34 heavy (non-hydrogen) atoms. The van der Waals surface area contributed by atoms with Crippen LogP contribution in [0.3, 0.4) is 0 Å². The van der Waals surface area contributed by atoms with Gasteiger partial charge in [0.2, 0.25) is 0 Å². The van der Waals surface area contributed by atoms with Crippen LogP contribution in [0.1, 0.15) is 27.8 Å². The summed E-state index contributed by atoms with van der Waals surface area (Å²) in [5.41, 5.74) is 3.86. The predicted molar refractivity (Wildman–Crippen MR) is 127 cm³/mol. The van der Waals surface area contributed by atoms with Crippen LogP contribution in [0.5, 0.6) is 5.75 Å². The number of halogens is 1. The van der Waals surface area contributed by atoms with Crippen LogP contribution in [0.2, 0.25) is 0 Å². The van der Waals surface area contributed by atoms with Crippen molar-refractivity contribution < 1.29 is 23.5 Å². The van der Waals surface area contributed by atoms with Gasteiger partial charge in [0.25, 0.3) is 11.8 Å². The molecule has 1 N–H and O–H groups in total. The number of nitrogens with zero attached hydrogens (tertiary/aromatic N) is 1. The van der Waals surface area contributed by atoms with E-state index in [4.69, 9.17) is 4.74 Å². The summed E-state index contributed by atoms with van der Waals surface area (Å²) in [4.78, 5) is 39.6. The van der Waals surface area contributed by atoms with Gasteiger partial charge in [0, 0.05) is 0 Å². The lowest BCUT2D eigenvalue weighted by Gasteiger charge is -2.28. The molecular formula is C27H23FN2O4. The molecular weight excluding hydrogens is 435 g/mol. The van der Waals surface area contributed by atoms with Crippen LogP contribution in [-0.2, 0) is 16.0 Å². The van der Waals surface area contributed by atoms with E-state index >= 15 is 0 Å². The van der Waals surface area contributed by atoms with Gasteiger partial charge < -0.3 is 4.74 Å². The highest BCUT2D eigenvalue weighted by Crippen LogP contribution is 2.28. The number of benzene rings is 3. The highest BCUT2D eigenvalue weighted by atomic mass is 19.1. The van der Waals surface area contributed by atoms with Gasteiger partial charge in [-0.15, -0.1) is 0 Å². The molecule has 7 heteroatoms. The number of urea groups is 1. The molecule has 0 saturated carbocycles. The largest absolute Gasteiger partial charge is 0.497 e. The van der Waals surface area contributed by atoms with E-state index in [1.54, 1.807) is 43.3 Å². The number of amides is 4. The SMILES string of the molecule is COc1ccc(/C=C2\C(=O)NC(=O)N(c3cc(C)ccc3C)C2=O)c(Cc2cccc(F)c2)c1. The number of imide groups is 2. The molecule has 3 aromatic rings. The Morgan fingerprint density at radius 1 is 1.00 bits per heavy atom. The van der Waals surface area contributed by atoms with E-state index in [2.05, 4.69) is 5.32 Å². The molecule has 1 saturated heterocycles. The van der Waals surface area contributed by atoms with Gasteiger partial charge in [-0.05, 0) is 84.5 Å². The summed E-state index contributed by atoms with van der Waals surface area (Å²) in [6.45, 7) is 3.64. The summed E-state index contributed by atoms with van der Waals surface area (Å²) in [6.07, 6.45) is 1.81. The molecule has 1 fully saturated rings. The standard InChI is InChI=1S/C27H23FN2O4/c1-16-7-8-17(2)24(11-16)30-26(32)23(25(31)29-27(30)33)15-19-9-10-22(34-3)14-20(19)12-18-5-4-6-21(28)13-18/h4-11,13-15H,12H2,1-3H3,(H,29,31,33)/b23-15+. The van der Waals surface area contributed by atoms with Gasteiger partial charge in [0.05, 0.1) is 12.8 Å². The van der Waals surface area contributed by atoms with Crippen LogP contribution in [0, 0.1) is 19.7 Å². The molecule has 0 aliphatic carbocycles. The number of carbonyl (C=O) groups excluding carboxylic acids is 3. The Hall–Kier alpha value is -4.26. The van der Waals surface area contributed by atoms with E-state index < -0.39 is 17.8 Å². The number of methoxy groups -OCH3 is 1. The molecule has 3 aromatic carbocycles. The number of ether oxygens (including phenoxy) is 1. The van der Waals surface area contributed by atoms with Crippen molar-refractivity contribution in [3.05, 3.63) is 99.9 Å². The normalized spacial score (nSPS) is 15.0. The highest BCUT2D eigenvalue weighted by molar-refractivity contribution is 6.39. The van der Waals surface area contributed by atoms with E-state index in [0.717, 1.165) is 27.2 Å². The van der Waals surface area contributed by atoms with E-state index in [-0.39, 0.29) is 11.4 Å². The summed E-state index contributed by atoms with van der Waals surface area (Å²) in [5.74, 6) is -1.26. The Balaban J connectivity index is 1.77. The van der Waals surface area contributed by atoms with Crippen molar-refractivity contribution in [2.45, 2.75) is 20.3 Å². The number of barbiturate groups is 1. The fourth-order valence-corrected chi connectivity index (χ4v) is 3.86. The topological polar surface area (TPSA) is 75.7 Å². The van der Waals surface area contributed by atoms with Crippen LogP contribution in [-0.4, -0.2) is 25.0 Å². The van der Waals surface area contributed by atoms with Gasteiger partial charge in [-0.3, -0.25) is 14.9 Å². The Morgan fingerprint density at radius 3 is 2.53 bits per heavy atom. The number of anilines is 1. The third kappa shape index (κ3) is 4.59. The van der Waals surface area contributed by atoms with Crippen molar-refractivity contribution in [3.63, 3.8) is 0 Å². The van der Waals surface area contributed by atoms with Crippen LogP contribution in [0.15, 0.2) is 66.2 Å². The monoisotopic (exact) mass is 458 g/mol. The lowest BCUT2D eigenvalue weighted by Crippen LogP contribution is -2.54. The molecule has 0 atom stereocenters. The van der Waals surface area contributed by atoms with Crippen LogP contribution in [0.4, 0.5) is 14.9 Å². The van der Waals surface area contributed by atoms with Gasteiger partial charge in [-0.25, -0.2) is 14.1 Å². The number of nitrogens with one attached hydrogen (secondary N) is 1. The first kappa shape index (κ1) is 22.9. The van der Waals surface area contributed by atoms with Crippen molar-refractivity contribution in [2.24, 2.45) is 0 Å². The predicted octanol–water partition coefficient (Wildman–Crippen LogP) is 4.71. The first-order chi connectivity index (χ1) is 16.3. The second-order valence-electron chi connectivity index (χ2n) is 8.12. The molecule has 0 bridgehead atoms. The van der Waals surface area contributed by atoms with Gasteiger partial charge in [0.15, 0.2) is 0 Å². The van der Waals surface area contributed by atoms with Crippen molar-refractivity contribution in [3.8, 4) is 5.75 Å². The summed E-state index contributed by atoms with van der Waals surface area (Å²) in [6, 6.07) is 16.0. The van der Waals surface area contributed by atoms with E-state index in [1.165, 1.54) is 25.3 Å². The fraction of sp³-hybridized carbons (Fsp3) is 0.148. The van der Waals surface area contributed by atoms with Crippen LogP contribution >= 0.6 is 0 Å². The molecule has 1 heterocycles. The minimum absolute atomic E-state index is 0.175. The minimum Gasteiger partial charge on any atom is -0.497 e. The molecule has 0 spiro atoms. The molecule has 4 rings (SSSR count).